The van der Waals surface area contributed by atoms with Crippen molar-refractivity contribution >= 4 is 71.8 Å². The summed E-state index contributed by atoms with van der Waals surface area (Å²) in [5.74, 6) is 2.83. The van der Waals surface area contributed by atoms with Crippen LogP contribution in [0.1, 0.15) is 80.3 Å². The van der Waals surface area contributed by atoms with E-state index in [1.165, 1.54) is 22.9 Å². The van der Waals surface area contributed by atoms with Crippen LogP contribution in [-0.4, -0.2) is 82.8 Å². The van der Waals surface area contributed by atoms with Crippen molar-refractivity contribution in [1.29, 1.82) is 0 Å². The molecule has 326 valence electrons. The molecule has 5 heterocycles. The number of benzene rings is 2. The smallest absolute Gasteiger partial charge is 0.312 e. The molecule has 5 aromatic rings. The van der Waals surface area contributed by atoms with Crippen LogP contribution in [0.4, 0.5) is 17.2 Å². The molecule has 9 rings (SSSR count). The molecule has 0 unspecified atom stereocenters. The molecule has 14 nitrogen and oxygen atoms in total. The monoisotopic (exact) mass is 942 g/mol. The zero-order chi connectivity index (χ0) is 43.0. The van der Waals surface area contributed by atoms with Crippen molar-refractivity contribution < 1.29 is 22.9 Å². The number of rotatable bonds is 12. The highest BCUT2D eigenvalue weighted by molar-refractivity contribution is 9.10. The molecule has 2 aliphatic carbocycles. The summed E-state index contributed by atoms with van der Waals surface area (Å²) < 4.78 is 37.0. The third-order valence-electron chi connectivity index (χ3n) is 13.5. The molecule has 2 aliphatic heterocycles. The number of anilines is 2. The maximum absolute atomic E-state index is 13.9. The Bertz CT molecular complexity index is 2570. The number of hydrogen-bond acceptors (Lipinski definition) is 12. The van der Waals surface area contributed by atoms with E-state index in [4.69, 9.17) is 4.74 Å². The molecule has 2 aromatic carbocycles. The van der Waals surface area contributed by atoms with Gasteiger partial charge in [-0.15, -0.1) is 0 Å². The number of ether oxygens (including phenoxy) is 1. The number of carbonyl (C=O) groups is 1. The molecule has 1 atom stereocenters. The van der Waals surface area contributed by atoms with Gasteiger partial charge in [0.2, 0.25) is 5.82 Å². The number of aromatic amines is 1. The van der Waals surface area contributed by atoms with Gasteiger partial charge in [-0.2, -0.15) is 11.8 Å². The second-order valence-corrected chi connectivity index (χ2v) is 21.2. The number of hydrogen-bond donors (Lipinski definition) is 3. The predicted octanol–water partition coefficient (Wildman–Crippen LogP) is 9.32. The SMILES string of the molecule is C[C@H]1CC[C@@H](CNc2ncc(S(=O)(=O)NC(=O)c3ccc(N4CCC5(CC4)CC(N4CCSC[C@H]4c4ccccc4Br)C5)cc3Oc3cnc4[nH]ccc4c3)cc2[N+](=O)[O-])CC1. The molecule has 3 aromatic heterocycles. The number of sulfonamides is 1. The highest BCUT2D eigenvalue weighted by atomic mass is 79.9. The van der Waals surface area contributed by atoms with E-state index < -0.39 is 31.4 Å². The summed E-state index contributed by atoms with van der Waals surface area (Å²) in [4.78, 5) is 41.5. The second kappa shape index (κ2) is 17.8. The van der Waals surface area contributed by atoms with Crippen molar-refractivity contribution in [3.05, 3.63) is 105 Å². The number of aromatic nitrogens is 3. The first-order valence-electron chi connectivity index (χ1n) is 21.5. The topological polar surface area (TPSA) is 176 Å². The number of pyridine rings is 2. The van der Waals surface area contributed by atoms with Crippen LogP contribution in [0.15, 0.2) is 88.6 Å². The number of halogens is 1. The van der Waals surface area contributed by atoms with E-state index in [0.29, 0.717) is 47.3 Å². The van der Waals surface area contributed by atoms with Crippen molar-refractivity contribution in [3.63, 3.8) is 0 Å². The van der Waals surface area contributed by atoms with Gasteiger partial charge in [0, 0.05) is 83.6 Å². The summed E-state index contributed by atoms with van der Waals surface area (Å²) in [7, 11) is -4.59. The number of carbonyl (C=O) groups excluding carboxylic acids is 1. The maximum Gasteiger partial charge on any atom is 0.312 e. The Morgan fingerprint density at radius 1 is 1.03 bits per heavy atom. The average Bonchev–Trinajstić information content (AvgIpc) is 3.73. The molecule has 17 heteroatoms. The van der Waals surface area contributed by atoms with Gasteiger partial charge >= 0.3 is 5.69 Å². The molecular formula is C45H51BrN8O6S2. The number of nitrogens with one attached hydrogen (secondary N) is 3. The van der Waals surface area contributed by atoms with Crippen LogP contribution in [0.3, 0.4) is 0 Å². The molecule has 2 saturated heterocycles. The number of thioether (sulfide) groups is 1. The van der Waals surface area contributed by atoms with E-state index in [0.717, 1.165) is 93.0 Å². The summed E-state index contributed by atoms with van der Waals surface area (Å²) >= 11 is 5.84. The standard InChI is InChI=1S/C45H51BrN8O6S2/c1-29-6-8-30(9-7-29)25-48-43-39(54(56)57)22-35(27-50-43)62(58,59)51-44(55)37-11-10-32(21-41(37)60-34-20-31-12-15-47-42(31)49-26-34)52-16-13-45(14-17-52)23-33(24-45)53-18-19-61-28-40(53)36-4-2-3-5-38(36)46/h2-5,10-12,15,20-22,26-27,29-30,33,40H,6-9,13-14,16-19,23-25,28H2,1H3,(H,47,49)(H,48,50)(H,51,55)/t29-,30+,40-/m0/s1. The van der Waals surface area contributed by atoms with Gasteiger partial charge in [0.05, 0.1) is 22.9 Å². The van der Waals surface area contributed by atoms with Crippen molar-refractivity contribution in [3.8, 4) is 11.5 Å². The summed E-state index contributed by atoms with van der Waals surface area (Å²) in [5, 5.41) is 16.0. The quantitative estimate of drug-likeness (QED) is 0.0800. The Morgan fingerprint density at radius 3 is 2.60 bits per heavy atom. The Morgan fingerprint density at radius 2 is 1.82 bits per heavy atom. The third kappa shape index (κ3) is 9.04. The first-order chi connectivity index (χ1) is 29.9. The molecule has 0 bridgehead atoms. The number of H-pyrrole nitrogens is 1. The molecule has 4 fully saturated rings. The lowest BCUT2D eigenvalue weighted by molar-refractivity contribution is -0.384. The summed E-state index contributed by atoms with van der Waals surface area (Å²) in [6, 6.07) is 19.3. The Balaban J connectivity index is 0.903. The van der Waals surface area contributed by atoms with Crippen molar-refractivity contribution in [1.82, 2.24) is 24.6 Å². The molecule has 1 spiro atoms. The van der Waals surface area contributed by atoms with Crippen LogP contribution < -0.4 is 19.7 Å². The highest BCUT2D eigenvalue weighted by Crippen LogP contribution is 2.54. The number of piperidine rings is 1. The molecule has 4 aliphatic rings. The first-order valence-corrected chi connectivity index (χ1v) is 24.9. The normalized spacial score (nSPS) is 22.0. The van der Waals surface area contributed by atoms with Crippen LogP contribution in [-0.2, 0) is 10.0 Å². The van der Waals surface area contributed by atoms with Gasteiger partial charge < -0.3 is 19.9 Å². The molecular weight excluding hydrogens is 893 g/mol. The van der Waals surface area contributed by atoms with Gasteiger partial charge in [-0.25, -0.2) is 23.1 Å². The minimum absolute atomic E-state index is 0.00906. The molecule has 62 heavy (non-hydrogen) atoms. The van der Waals surface area contributed by atoms with E-state index in [-0.39, 0.29) is 17.1 Å². The summed E-state index contributed by atoms with van der Waals surface area (Å²) in [6.07, 6.45) is 13.0. The number of nitrogens with zero attached hydrogens (tertiary/aromatic N) is 5. The fourth-order valence-electron chi connectivity index (χ4n) is 9.84. The maximum atomic E-state index is 13.9. The van der Waals surface area contributed by atoms with Crippen LogP contribution in [0, 0.1) is 27.4 Å². The van der Waals surface area contributed by atoms with E-state index in [2.05, 4.69) is 81.9 Å². The minimum atomic E-state index is -4.59. The number of amides is 1. The first kappa shape index (κ1) is 42.6. The lowest BCUT2D eigenvalue weighted by Gasteiger charge is -2.57. The van der Waals surface area contributed by atoms with Crippen molar-refractivity contribution in [2.24, 2.45) is 17.3 Å². The summed E-state index contributed by atoms with van der Waals surface area (Å²) in [6.45, 7) is 5.49. The van der Waals surface area contributed by atoms with Crippen molar-refractivity contribution in [2.75, 3.05) is 47.9 Å². The van der Waals surface area contributed by atoms with Gasteiger partial charge in [0.15, 0.2) is 0 Å². The zero-order valence-electron chi connectivity index (χ0n) is 34.6. The summed E-state index contributed by atoms with van der Waals surface area (Å²) in [5.41, 5.74) is 2.68. The highest BCUT2D eigenvalue weighted by Gasteiger charge is 2.49. The zero-order valence-corrected chi connectivity index (χ0v) is 37.8. The van der Waals surface area contributed by atoms with Crippen LogP contribution in [0.25, 0.3) is 11.0 Å². The minimum Gasteiger partial charge on any atom is -0.455 e. The van der Waals surface area contributed by atoms with Gasteiger partial charge in [0.25, 0.3) is 15.9 Å². The Kier molecular flexibility index (Phi) is 12.2. The fraction of sp³-hybridized carbons (Fsp3) is 0.444. The average molecular weight is 944 g/mol. The van der Waals surface area contributed by atoms with E-state index in [1.54, 1.807) is 30.6 Å². The van der Waals surface area contributed by atoms with E-state index >= 15 is 0 Å². The van der Waals surface area contributed by atoms with Gasteiger partial charge in [-0.1, -0.05) is 53.9 Å². The van der Waals surface area contributed by atoms with Gasteiger partial charge in [-0.3, -0.25) is 19.8 Å². The van der Waals surface area contributed by atoms with Gasteiger partial charge in [0.1, 0.15) is 22.0 Å². The predicted molar refractivity (Wildman–Crippen MR) is 246 cm³/mol. The van der Waals surface area contributed by atoms with Gasteiger partial charge in [-0.05, 0) is 91.7 Å². The third-order valence-corrected chi connectivity index (χ3v) is 16.6. The molecule has 3 N–H and O–H groups in total. The number of nitro groups is 1. The van der Waals surface area contributed by atoms with E-state index in [1.807, 2.05) is 23.9 Å². The van der Waals surface area contributed by atoms with E-state index in [9.17, 15) is 23.3 Å². The van der Waals surface area contributed by atoms with Crippen LogP contribution in [0.2, 0.25) is 0 Å². The van der Waals surface area contributed by atoms with Crippen LogP contribution >= 0.6 is 27.7 Å². The molecule has 0 radical (unpaired) electrons. The lowest BCUT2D eigenvalue weighted by Crippen LogP contribution is -2.57. The Hall–Kier alpha value is -4.71. The molecule has 1 amide bonds. The Labute approximate surface area is 374 Å². The largest absolute Gasteiger partial charge is 0.455 e. The fourth-order valence-corrected chi connectivity index (χ4v) is 12.4. The molecule has 2 saturated carbocycles. The van der Waals surface area contributed by atoms with Crippen molar-refractivity contribution in [2.45, 2.75) is 75.3 Å². The number of fused-ring (bicyclic) bond motifs is 1. The van der Waals surface area contributed by atoms with Crippen LogP contribution in [0.5, 0.6) is 11.5 Å². The lowest BCUT2D eigenvalue weighted by atomic mass is 9.59. The second-order valence-electron chi connectivity index (χ2n) is 17.5.